The van der Waals surface area contributed by atoms with Crippen molar-refractivity contribution >= 4 is 26.7 Å². The molecule has 0 saturated heterocycles. The summed E-state index contributed by atoms with van der Waals surface area (Å²) in [4.78, 5) is 12.9. The lowest BCUT2D eigenvalue weighted by molar-refractivity contribution is -0.0747. The fourth-order valence-electron chi connectivity index (χ4n) is 4.77. The normalized spacial score (nSPS) is 14.2. The van der Waals surface area contributed by atoms with Gasteiger partial charge in [-0.1, -0.05) is 72.8 Å². The van der Waals surface area contributed by atoms with Crippen molar-refractivity contribution in [2.75, 3.05) is 27.7 Å². The van der Waals surface area contributed by atoms with E-state index in [2.05, 4.69) is 94.5 Å². The highest BCUT2D eigenvalue weighted by Crippen LogP contribution is 2.50. The Balaban J connectivity index is 2.08. The first-order valence-corrected chi connectivity index (χ1v) is 12.0. The maximum atomic E-state index is 6.33. The van der Waals surface area contributed by atoms with Crippen LogP contribution in [0.3, 0.4) is 0 Å². The first-order chi connectivity index (χ1) is 16.5. The molecule has 2 atom stereocenters. The highest BCUT2D eigenvalue weighted by molar-refractivity contribution is 9.10. The Labute approximate surface area is 209 Å². The van der Waals surface area contributed by atoms with Crippen LogP contribution < -0.4 is 10.6 Å². The number of nitrogens with zero attached hydrogens (tertiary/aromatic N) is 2. The van der Waals surface area contributed by atoms with E-state index in [4.69, 9.17) is 15.5 Å². The maximum absolute atomic E-state index is 6.33. The second-order valence-corrected chi connectivity index (χ2v) is 9.60. The van der Waals surface area contributed by atoms with Crippen LogP contribution in [0.1, 0.15) is 29.0 Å². The zero-order valence-corrected chi connectivity index (χ0v) is 21.3. The molecule has 0 spiro atoms. The van der Waals surface area contributed by atoms with Crippen molar-refractivity contribution in [3.8, 4) is 5.88 Å². The van der Waals surface area contributed by atoms with Crippen molar-refractivity contribution in [2.45, 2.75) is 17.9 Å². The van der Waals surface area contributed by atoms with Gasteiger partial charge in [-0.3, -0.25) is 4.84 Å². The quantitative estimate of drug-likeness (QED) is 0.280. The maximum Gasteiger partial charge on any atom is 0.217 e. The van der Waals surface area contributed by atoms with Crippen LogP contribution in [-0.2, 0) is 10.4 Å². The van der Waals surface area contributed by atoms with Crippen LogP contribution in [-0.4, -0.2) is 37.6 Å². The minimum absolute atomic E-state index is 0.288. The Hall–Kier alpha value is -2.77. The summed E-state index contributed by atoms with van der Waals surface area (Å²) in [6.07, 6.45) is 2.40. The number of pyridine rings is 1. The molecule has 0 radical (unpaired) electrons. The molecule has 4 rings (SSSR count). The Bertz CT molecular complexity index is 1240. The Morgan fingerprint density at radius 1 is 1.00 bits per heavy atom. The van der Waals surface area contributed by atoms with Gasteiger partial charge in [-0.15, -0.1) is 0 Å². The van der Waals surface area contributed by atoms with Gasteiger partial charge < -0.3 is 9.64 Å². The van der Waals surface area contributed by atoms with Gasteiger partial charge >= 0.3 is 0 Å². The third kappa shape index (κ3) is 4.72. The smallest absolute Gasteiger partial charge is 0.217 e. The number of ether oxygens (including phenoxy) is 1. The van der Waals surface area contributed by atoms with Gasteiger partial charge in [0.1, 0.15) is 5.60 Å². The lowest BCUT2D eigenvalue weighted by Gasteiger charge is -2.41. The molecular weight excluding hydrogens is 490 g/mol. The fraction of sp³-hybridized carbons (Fsp3) is 0.250. The number of fused-ring (bicyclic) bond motifs is 1. The molecule has 0 amide bonds. The van der Waals surface area contributed by atoms with Gasteiger partial charge in [0.15, 0.2) is 0 Å². The number of hydrogen-bond acceptors (Lipinski definition) is 5. The predicted octanol–water partition coefficient (Wildman–Crippen LogP) is 5.88. The van der Waals surface area contributed by atoms with Crippen LogP contribution in [0.15, 0.2) is 89.5 Å². The van der Waals surface area contributed by atoms with Gasteiger partial charge in [0.25, 0.3) is 0 Å². The van der Waals surface area contributed by atoms with E-state index in [1.54, 1.807) is 13.3 Å². The molecule has 34 heavy (non-hydrogen) atoms. The topological polar surface area (TPSA) is 60.6 Å². The Morgan fingerprint density at radius 2 is 1.71 bits per heavy atom. The molecule has 6 heteroatoms. The molecular formula is C28H30BrN3O2. The number of halogens is 1. The molecule has 0 saturated carbocycles. The highest BCUT2D eigenvalue weighted by atomic mass is 79.9. The van der Waals surface area contributed by atoms with Crippen LogP contribution >= 0.6 is 15.9 Å². The molecule has 1 aromatic heterocycles. The Morgan fingerprint density at radius 3 is 2.41 bits per heavy atom. The zero-order valence-electron chi connectivity index (χ0n) is 19.7. The number of aromatic nitrogens is 1. The van der Waals surface area contributed by atoms with Crippen LogP contribution in [0.5, 0.6) is 5.88 Å². The molecule has 0 aliphatic heterocycles. The monoisotopic (exact) mass is 519 g/mol. The Kier molecular flexibility index (Phi) is 7.63. The van der Waals surface area contributed by atoms with E-state index in [1.165, 1.54) is 0 Å². The zero-order chi connectivity index (χ0) is 24.1. The lowest BCUT2D eigenvalue weighted by Crippen LogP contribution is -2.42. The van der Waals surface area contributed by atoms with Gasteiger partial charge in [-0.05, 0) is 64.4 Å². The summed E-state index contributed by atoms with van der Waals surface area (Å²) < 4.78 is 6.61. The second kappa shape index (κ2) is 10.7. The van der Waals surface area contributed by atoms with Gasteiger partial charge in [-0.2, -0.15) is 0 Å². The molecule has 2 unspecified atom stereocenters. The van der Waals surface area contributed by atoms with E-state index in [1.807, 2.05) is 24.3 Å². The molecule has 0 fully saturated rings. The largest absolute Gasteiger partial charge is 0.481 e. The van der Waals surface area contributed by atoms with E-state index in [9.17, 15) is 0 Å². The van der Waals surface area contributed by atoms with Crippen LogP contribution in [0.4, 0.5) is 0 Å². The first-order valence-electron chi connectivity index (χ1n) is 11.3. The minimum atomic E-state index is -0.901. The average Bonchev–Trinajstić information content (AvgIpc) is 2.87. The standard InChI is InChI=1S/C28H30BrN3O2/c1-32(2)17-16-28(34-30,25-15-9-13-20-10-7-8-14-23(20)25)26(21-11-5-4-6-12-21)24-18-22(29)19-31-27(24)33-3/h4-15,18-19,26H,16-17,30H2,1-3H3. The molecule has 2 N–H and O–H groups in total. The van der Waals surface area contributed by atoms with E-state index >= 15 is 0 Å². The van der Waals surface area contributed by atoms with Crippen LogP contribution in [0.25, 0.3) is 10.8 Å². The second-order valence-electron chi connectivity index (χ2n) is 8.68. The number of rotatable bonds is 9. The van der Waals surface area contributed by atoms with E-state index in [0.29, 0.717) is 12.3 Å². The summed E-state index contributed by atoms with van der Waals surface area (Å²) in [6, 6.07) is 27.0. The number of benzene rings is 3. The van der Waals surface area contributed by atoms with Crippen LogP contribution in [0.2, 0.25) is 0 Å². The third-order valence-electron chi connectivity index (χ3n) is 6.34. The molecule has 1 heterocycles. The van der Waals surface area contributed by atoms with Crippen molar-refractivity contribution in [1.29, 1.82) is 0 Å². The minimum Gasteiger partial charge on any atom is -0.481 e. The summed E-state index contributed by atoms with van der Waals surface area (Å²) >= 11 is 3.61. The molecule has 0 aliphatic carbocycles. The van der Waals surface area contributed by atoms with Crippen molar-refractivity contribution in [2.24, 2.45) is 5.90 Å². The average molecular weight is 520 g/mol. The van der Waals surface area contributed by atoms with Crippen molar-refractivity contribution < 1.29 is 9.57 Å². The first kappa shape index (κ1) is 24.4. The van der Waals surface area contributed by atoms with Gasteiger partial charge in [-0.25, -0.2) is 10.9 Å². The summed E-state index contributed by atoms with van der Waals surface area (Å²) in [5, 5.41) is 2.24. The van der Waals surface area contributed by atoms with Gasteiger partial charge in [0.2, 0.25) is 5.88 Å². The molecule has 3 aromatic carbocycles. The molecule has 5 nitrogen and oxygen atoms in total. The van der Waals surface area contributed by atoms with Crippen molar-refractivity contribution in [3.63, 3.8) is 0 Å². The van der Waals surface area contributed by atoms with Crippen molar-refractivity contribution in [3.05, 3.63) is 106 Å². The number of methoxy groups -OCH3 is 1. The van der Waals surface area contributed by atoms with Gasteiger partial charge in [0, 0.05) is 28.7 Å². The van der Waals surface area contributed by atoms with E-state index in [0.717, 1.165) is 38.5 Å². The third-order valence-corrected chi connectivity index (χ3v) is 6.77. The summed E-state index contributed by atoms with van der Waals surface area (Å²) in [7, 11) is 5.76. The molecule has 0 aliphatic rings. The molecule has 4 aromatic rings. The predicted molar refractivity (Wildman–Crippen MR) is 141 cm³/mol. The van der Waals surface area contributed by atoms with Crippen LogP contribution in [0, 0.1) is 0 Å². The number of nitrogens with two attached hydrogens (primary N) is 1. The number of hydrogen-bond donors (Lipinski definition) is 1. The van der Waals surface area contributed by atoms with E-state index < -0.39 is 5.60 Å². The molecule has 0 bridgehead atoms. The lowest BCUT2D eigenvalue weighted by atomic mass is 9.70. The van der Waals surface area contributed by atoms with E-state index in [-0.39, 0.29) is 5.92 Å². The highest BCUT2D eigenvalue weighted by Gasteiger charge is 2.46. The van der Waals surface area contributed by atoms with Gasteiger partial charge in [0.05, 0.1) is 7.11 Å². The summed E-state index contributed by atoms with van der Waals surface area (Å²) in [5.74, 6) is 6.59. The SMILES string of the molecule is COc1ncc(Br)cc1C(c1ccccc1)C(CCN(C)C)(ON)c1cccc2ccccc12. The fourth-order valence-corrected chi connectivity index (χ4v) is 5.12. The summed E-state index contributed by atoms with van der Waals surface area (Å²) in [5.41, 5.74) is 2.10. The summed E-state index contributed by atoms with van der Waals surface area (Å²) in [6.45, 7) is 0.771. The van der Waals surface area contributed by atoms with Crippen molar-refractivity contribution in [1.82, 2.24) is 9.88 Å². The molecule has 176 valence electrons.